The van der Waals surface area contributed by atoms with Crippen LogP contribution in [-0.4, -0.2) is 59.0 Å². The molecule has 2 aliphatic heterocycles. The number of rotatable bonds is 4. The highest BCUT2D eigenvalue weighted by molar-refractivity contribution is 5.97. The number of halogens is 1. The molecule has 1 atom stereocenters. The lowest BCUT2D eigenvalue weighted by Crippen LogP contribution is -2.48. The van der Waals surface area contributed by atoms with Crippen LogP contribution in [0.15, 0.2) is 42.5 Å². The van der Waals surface area contributed by atoms with Crippen molar-refractivity contribution in [3.05, 3.63) is 59.5 Å². The van der Waals surface area contributed by atoms with E-state index in [-0.39, 0.29) is 23.5 Å². The normalized spacial score (nSPS) is 18.5. The van der Waals surface area contributed by atoms with Crippen LogP contribution in [0.5, 0.6) is 0 Å². The molecule has 3 aromatic rings. The van der Waals surface area contributed by atoms with E-state index in [1.165, 1.54) is 0 Å². The number of benzene rings is 2. The van der Waals surface area contributed by atoms with Crippen molar-refractivity contribution in [1.29, 1.82) is 0 Å². The van der Waals surface area contributed by atoms with E-state index < -0.39 is 5.95 Å². The third kappa shape index (κ3) is 4.58. The lowest BCUT2D eigenvalue weighted by Gasteiger charge is -2.38. The van der Waals surface area contributed by atoms with Gasteiger partial charge in [-0.1, -0.05) is 18.2 Å². The molecule has 2 aromatic carbocycles. The maximum Gasteiger partial charge on any atom is 0.251 e. The number of nitrogens with one attached hydrogen (secondary N) is 1. The van der Waals surface area contributed by atoms with Crippen molar-refractivity contribution in [3.8, 4) is 22.5 Å². The number of amides is 1. The van der Waals surface area contributed by atoms with Gasteiger partial charge < -0.3 is 16.0 Å². The van der Waals surface area contributed by atoms with Gasteiger partial charge in [-0.05, 0) is 57.0 Å². The Hall–Kier alpha value is -3.52. The second kappa shape index (κ2) is 9.26. The first-order chi connectivity index (χ1) is 16.8. The van der Waals surface area contributed by atoms with Crippen LogP contribution in [0.3, 0.4) is 0 Å². The Bertz CT molecular complexity index is 1250. The number of nitrogens with two attached hydrogens (primary N) is 1. The Balaban J connectivity index is 1.42. The number of piperazine rings is 1. The summed E-state index contributed by atoms with van der Waals surface area (Å²) in [5.74, 6) is -0.760. The van der Waals surface area contributed by atoms with Crippen LogP contribution in [0.4, 0.5) is 15.9 Å². The summed E-state index contributed by atoms with van der Waals surface area (Å²) >= 11 is 0. The minimum absolute atomic E-state index is 0.0270. The third-order valence-corrected chi connectivity index (χ3v) is 6.96. The minimum Gasteiger partial charge on any atom is -0.382 e. The topological polar surface area (TPSA) is 87.4 Å². The van der Waals surface area contributed by atoms with Crippen LogP contribution in [0.25, 0.3) is 22.5 Å². The van der Waals surface area contributed by atoms with Crippen molar-refractivity contribution >= 4 is 17.4 Å². The van der Waals surface area contributed by atoms with Crippen LogP contribution in [0, 0.1) is 5.95 Å². The third-order valence-electron chi connectivity index (χ3n) is 6.96. The molecule has 1 aromatic heterocycles. The van der Waals surface area contributed by atoms with E-state index in [1.807, 2.05) is 37.3 Å². The van der Waals surface area contributed by atoms with Gasteiger partial charge in [0.05, 0.1) is 0 Å². The number of hydrogen-bond donors (Lipinski definition) is 2. The summed E-state index contributed by atoms with van der Waals surface area (Å²) in [6.07, 6.45) is 0.711. The van der Waals surface area contributed by atoms with Crippen molar-refractivity contribution in [2.45, 2.75) is 39.3 Å². The van der Waals surface area contributed by atoms with E-state index in [9.17, 15) is 9.18 Å². The number of carbonyl (C=O) groups is 1. The molecule has 182 valence electrons. The molecular weight excluding hydrogens is 443 g/mol. The van der Waals surface area contributed by atoms with Gasteiger partial charge in [-0.2, -0.15) is 9.37 Å². The van der Waals surface area contributed by atoms with Gasteiger partial charge in [0, 0.05) is 60.6 Å². The zero-order valence-corrected chi connectivity index (χ0v) is 20.4. The number of nitrogens with zero attached hydrogens (tertiary/aromatic N) is 4. The highest BCUT2D eigenvalue weighted by Gasteiger charge is 2.23. The van der Waals surface area contributed by atoms with Crippen molar-refractivity contribution < 1.29 is 9.18 Å². The van der Waals surface area contributed by atoms with Crippen LogP contribution in [0.1, 0.15) is 36.7 Å². The molecule has 0 radical (unpaired) electrons. The van der Waals surface area contributed by atoms with Crippen molar-refractivity contribution in [2.24, 2.45) is 0 Å². The summed E-state index contributed by atoms with van der Waals surface area (Å²) in [7, 11) is 0. The molecule has 3 heterocycles. The Morgan fingerprint density at radius 2 is 1.69 bits per heavy atom. The average molecular weight is 475 g/mol. The van der Waals surface area contributed by atoms with Crippen LogP contribution in [0.2, 0.25) is 0 Å². The largest absolute Gasteiger partial charge is 0.382 e. The van der Waals surface area contributed by atoms with Crippen molar-refractivity contribution in [1.82, 2.24) is 20.2 Å². The molecular formula is C27H31FN6O. The van der Waals surface area contributed by atoms with Gasteiger partial charge in [-0.3, -0.25) is 9.69 Å². The van der Waals surface area contributed by atoms with Gasteiger partial charge in [0.15, 0.2) is 5.82 Å². The predicted molar refractivity (Wildman–Crippen MR) is 137 cm³/mol. The van der Waals surface area contributed by atoms with Gasteiger partial charge in [-0.15, -0.1) is 0 Å². The summed E-state index contributed by atoms with van der Waals surface area (Å²) in [6, 6.07) is 13.9. The van der Waals surface area contributed by atoms with E-state index >= 15 is 0 Å². The molecule has 0 spiro atoms. The molecule has 1 fully saturated rings. The Kier molecular flexibility index (Phi) is 6.15. The zero-order valence-electron chi connectivity index (χ0n) is 20.4. The van der Waals surface area contributed by atoms with Crippen LogP contribution in [-0.2, 0) is 6.42 Å². The Labute approximate surface area is 205 Å². The SMILES string of the molecule is CC1Cc2cc(-c3nc(-c4ccc(N5CCN(C(C)C)CC5)cc4)c(F)nc3N)ccc2C(=O)N1. The number of carbonyl (C=O) groups excluding carboxylic acids is 1. The van der Waals surface area contributed by atoms with E-state index in [2.05, 4.69) is 38.9 Å². The fourth-order valence-corrected chi connectivity index (χ4v) is 4.96. The second-order valence-corrected chi connectivity index (χ2v) is 9.71. The standard InChI is InChI=1S/C27H31FN6O/c1-16(2)33-10-12-34(13-11-33)21-7-4-18(5-8-21)23-25(28)32-26(29)24(31-23)19-6-9-22-20(15-19)14-17(3)30-27(22)35/h4-9,15-17H,10-14H2,1-3H3,(H2,29,32)(H,30,35). The van der Waals surface area contributed by atoms with Crippen molar-refractivity contribution in [2.75, 3.05) is 36.8 Å². The zero-order chi connectivity index (χ0) is 24.7. The van der Waals surface area contributed by atoms with Crippen LogP contribution >= 0.6 is 0 Å². The lowest BCUT2D eigenvalue weighted by molar-refractivity contribution is 0.0929. The molecule has 0 bridgehead atoms. The molecule has 2 aliphatic rings. The van der Waals surface area contributed by atoms with E-state index in [0.29, 0.717) is 29.3 Å². The first-order valence-corrected chi connectivity index (χ1v) is 12.2. The number of nitrogen functional groups attached to an aromatic ring is 1. The van der Waals surface area contributed by atoms with Crippen molar-refractivity contribution in [3.63, 3.8) is 0 Å². The van der Waals surface area contributed by atoms with E-state index in [0.717, 1.165) is 43.0 Å². The maximum atomic E-state index is 14.9. The molecule has 0 aliphatic carbocycles. The first kappa shape index (κ1) is 23.2. The summed E-state index contributed by atoms with van der Waals surface area (Å²) in [5.41, 5.74) is 10.7. The number of anilines is 2. The summed E-state index contributed by atoms with van der Waals surface area (Å²) in [5, 5.41) is 2.93. The summed E-state index contributed by atoms with van der Waals surface area (Å²) in [4.78, 5) is 25.6. The van der Waals surface area contributed by atoms with E-state index in [1.54, 1.807) is 12.1 Å². The molecule has 1 amide bonds. The predicted octanol–water partition coefficient (Wildman–Crippen LogP) is 3.74. The molecule has 35 heavy (non-hydrogen) atoms. The quantitative estimate of drug-likeness (QED) is 0.599. The molecule has 5 rings (SSSR count). The highest BCUT2D eigenvalue weighted by atomic mass is 19.1. The number of hydrogen-bond acceptors (Lipinski definition) is 6. The number of fused-ring (bicyclic) bond motifs is 1. The van der Waals surface area contributed by atoms with Crippen LogP contribution < -0.4 is 16.0 Å². The average Bonchev–Trinajstić information content (AvgIpc) is 2.84. The molecule has 8 heteroatoms. The molecule has 7 nitrogen and oxygen atoms in total. The van der Waals surface area contributed by atoms with Gasteiger partial charge >= 0.3 is 0 Å². The first-order valence-electron chi connectivity index (χ1n) is 12.2. The monoisotopic (exact) mass is 474 g/mol. The maximum absolute atomic E-state index is 14.9. The second-order valence-electron chi connectivity index (χ2n) is 9.71. The number of aromatic nitrogens is 2. The smallest absolute Gasteiger partial charge is 0.251 e. The van der Waals surface area contributed by atoms with Gasteiger partial charge in [0.1, 0.15) is 11.4 Å². The molecule has 1 saturated heterocycles. The van der Waals surface area contributed by atoms with Gasteiger partial charge in [0.2, 0.25) is 5.95 Å². The van der Waals surface area contributed by atoms with E-state index in [4.69, 9.17) is 5.73 Å². The minimum atomic E-state index is -0.699. The fourth-order valence-electron chi connectivity index (χ4n) is 4.96. The molecule has 0 saturated carbocycles. The molecule has 3 N–H and O–H groups in total. The highest BCUT2D eigenvalue weighted by Crippen LogP contribution is 2.31. The van der Waals surface area contributed by atoms with Gasteiger partial charge in [-0.25, -0.2) is 4.98 Å². The lowest BCUT2D eigenvalue weighted by atomic mass is 9.93. The Morgan fingerprint density at radius 3 is 2.37 bits per heavy atom. The Morgan fingerprint density at radius 1 is 1.00 bits per heavy atom. The fraction of sp³-hybridized carbons (Fsp3) is 0.370. The summed E-state index contributed by atoms with van der Waals surface area (Å²) < 4.78 is 14.9. The summed E-state index contributed by atoms with van der Waals surface area (Å²) in [6.45, 7) is 10.4. The van der Waals surface area contributed by atoms with Gasteiger partial charge in [0.25, 0.3) is 5.91 Å². The molecule has 1 unspecified atom stereocenters.